The molecule has 0 N–H and O–H groups in total. The summed E-state index contributed by atoms with van der Waals surface area (Å²) >= 11 is 0. The van der Waals surface area contributed by atoms with Gasteiger partial charge in [0.15, 0.2) is 0 Å². The molecule has 2 aliphatic heterocycles. The van der Waals surface area contributed by atoms with Crippen molar-refractivity contribution in [2.75, 3.05) is 13.2 Å². The normalized spacial score (nSPS) is 17.2. The van der Waals surface area contributed by atoms with E-state index in [2.05, 4.69) is 35.3 Å². The first kappa shape index (κ1) is 18.5. The SMILES string of the molecule is C(=C1CCCN=C1c1cccnc1)c1ccc2c(c1)CCO2.Cl.Cl. The first-order chi connectivity index (χ1) is 10.9. The second-order valence-electron chi connectivity index (χ2n) is 5.71. The highest BCUT2D eigenvalue weighted by Crippen LogP contribution is 2.28. The Morgan fingerprint density at radius 2 is 2.00 bits per heavy atom. The molecule has 3 heterocycles. The Labute approximate surface area is 154 Å². The first-order valence-corrected chi connectivity index (χ1v) is 7.82. The number of rotatable bonds is 2. The van der Waals surface area contributed by atoms with Crippen molar-refractivity contribution in [2.24, 2.45) is 4.99 Å². The van der Waals surface area contributed by atoms with E-state index in [-0.39, 0.29) is 24.8 Å². The molecule has 0 spiro atoms. The van der Waals surface area contributed by atoms with Gasteiger partial charge in [-0.3, -0.25) is 9.98 Å². The van der Waals surface area contributed by atoms with Crippen LogP contribution in [-0.4, -0.2) is 23.8 Å². The van der Waals surface area contributed by atoms with Crippen molar-refractivity contribution >= 4 is 36.6 Å². The summed E-state index contributed by atoms with van der Waals surface area (Å²) < 4.78 is 5.58. The van der Waals surface area contributed by atoms with Gasteiger partial charge in [0.2, 0.25) is 0 Å². The summed E-state index contributed by atoms with van der Waals surface area (Å²) in [6.45, 7) is 1.71. The molecule has 1 aromatic heterocycles. The summed E-state index contributed by atoms with van der Waals surface area (Å²) in [5.74, 6) is 1.03. The number of aromatic nitrogens is 1. The molecule has 1 aromatic carbocycles. The first-order valence-electron chi connectivity index (χ1n) is 7.82. The number of hydrogen-bond acceptors (Lipinski definition) is 3. The van der Waals surface area contributed by atoms with Crippen molar-refractivity contribution in [3.8, 4) is 5.75 Å². The summed E-state index contributed by atoms with van der Waals surface area (Å²) in [5, 5.41) is 0. The molecule has 0 amide bonds. The van der Waals surface area contributed by atoms with Crippen LogP contribution >= 0.6 is 24.8 Å². The van der Waals surface area contributed by atoms with Gasteiger partial charge in [0.25, 0.3) is 0 Å². The lowest BCUT2D eigenvalue weighted by molar-refractivity contribution is 0.357. The summed E-state index contributed by atoms with van der Waals surface area (Å²) in [5.41, 5.74) is 6.05. The molecule has 4 rings (SSSR count). The molecule has 0 radical (unpaired) electrons. The van der Waals surface area contributed by atoms with Crippen LogP contribution in [-0.2, 0) is 6.42 Å². The zero-order valence-electron chi connectivity index (χ0n) is 13.3. The van der Waals surface area contributed by atoms with Gasteiger partial charge in [-0.25, -0.2) is 0 Å². The van der Waals surface area contributed by atoms with Crippen molar-refractivity contribution in [1.29, 1.82) is 0 Å². The van der Waals surface area contributed by atoms with E-state index in [1.54, 1.807) is 6.20 Å². The monoisotopic (exact) mass is 362 g/mol. The van der Waals surface area contributed by atoms with E-state index in [0.717, 1.165) is 49.4 Å². The van der Waals surface area contributed by atoms with Crippen LogP contribution in [0.4, 0.5) is 0 Å². The number of aliphatic imine (C=N–C) groups is 1. The highest BCUT2D eigenvalue weighted by Gasteiger charge is 2.15. The van der Waals surface area contributed by atoms with Gasteiger partial charge in [-0.1, -0.05) is 6.07 Å². The predicted octanol–water partition coefficient (Wildman–Crippen LogP) is 4.53. The molecule has 0 atom stereocenters. The molecule has 3 nitrogen and oxygen atoms in total. The van der Waals surface area contributed by atoms with E-state index in [1.807, 2.05) is 12.3 Å². The average molecular weight is 363 g/mol. The summed E-state index contributed by atoms with van der Waals surface area (Å²) in [6, 6.07) is 10.5. The third-order valence-electron chi connectivity index (χ3n) is 4.17. The van der Waals surface area contributed by atoms with Crippen molar-refractivity contribution in [3.05, 3.63) is 65.0 Å². The molecular formula is C19H20Cl2N2O. The molecule has 24 heavy (non-hydrogen) atoms. The molecule has 0 bridgehead atoms. The second-order valence-corrected chi connectivity index (χ2v) is 5.71. The van der Waals surface area contributed by atoms with Gasteiger partial charge in [-0.2, -0.15) is 0 Å². The number of pyridine rings is 1. The van der Waals surface area contributed by atoms with Crippen LogP contribution in [0.3, 0.4) is 0 Å². The van der Waals surface area contributed by atoms with Crippen molar-refractivity contribution < 1.29 is 4.74 Å². The minimum atomic E-state index is 0. The molecule has 0 saturated heterocycles. The summed E-state index contributed by atoms with van der Waals surface area (Å²) in [4.78, 5) is 8.96. The van der Waals surface area contributed by atoms with E-state index in [9.17, 15) is 0 Å². The number of allylic oxidation sites excluding steroid dienone is 1. The lowest BCUT2D eigenvalue weighted by Gasteiger charge is -2.16. The minimum absolute atomic E-state index is 0. The predicted molar refractivity (Wildman–Crippen MR) is 103 cm³/mol. The van der Waals surface area contributed by atoms with Crippen molar-refractivity contribution in [1.82, 2.24) is 4.98 Å². The van der Waals surface area contributed by atoms with Gasteiger partial charge in [0.05, 0.1) is 12.3 Å². The molecule has 2 aliphatic rings. The fraction of sp³-hybridized carbons (Fsp3) is 0.263. The number of fused-ring (bicyclic) bond motifs is 1. The van der Waals surface area contributed by atoms with Crippen LogP contribution in [0.5, 0.6) is 5.75 Å². The number of benzene rings is 1. The van der Waals surface area contributed by atoms with Crippen LogP contribution in [0, 0.1) is 0 Å². The van der Waals surface area contributed by atoms with Gasteiger partial charge >= 0.3 is 0 Å². The third-order valence-corrected chi connectivity index (χ3v) is 4.17. The molecule has 5 heteroatoms. The van der Waals surface area contributed by atoms with Crippen LogP contribution in [0.2, 0.25) is 0 Å². The van der Waals surface area contributed by atoms with Gasteiger partial charge in [0.1, 0.15) is 5.75 Å². The Kier molecular flexibility index (Phi) is 6.41. The Bertz CT molecular complexity index is 757. The smallest absolute Gasteiger partial charge is 0.122 e. The fourth-order valence-electron chi connectivity index (χ4n) is 3.10. The molecule has 0 unspecified atom stereocenters. The highest BCUT2D eigenvalue weighted by molar-refractivity contribution is 6.15. The molecule has 126 valence electrons. The quantitative estimate of drug-likeness (QED) is 0.786. The zero-order valence-corrected chi connectivity index (χ0v) is 14.9. The number of hydrogen-bond donors (Lipinski definition) is 0. The Morgan fingerprint density at radius 1 is 1.08 bits per heavy atom. The lowest BCUT2D eigenvalue weighted by atomic mass is 9.94. The van der Waals surface area contributed by atoms with Crippen LogP contribution in [0.15, 0.2) is 53.3 Å². The largest absolute Gasteiger partial charge is 0.493 e. The van der Waals surface area contributed by atoms with Gasteiger partial charge in [-0.15, -0.1) is 24.8 Å². The molecular weight excluding hydrogens is 343 g/mol. The maximum Gasteiger partial charge on any atom is 0.122 e. The molecule has 0 aliphatic carbocycles. The fourth-order valence-corrected chi connectivity index (χ4v) is 3.10. The molecule has 2 aromatic rings. The van der Waals surface area contributed by atoms with Crippen LogP contribution in [0.1, 0.15) is 29.5 Å². The van der Waals surface area contributed by atoms with Crippen LogP contribution < -0.4 is 4.74 Å². The van der Waals surface area contributed by atoms with Gasteiger partial charge in [-0.05, 0) is 59.9 Å². The van der Waals surface area contributed by atoms with E-state index < -0.39 is 0 Å². The summed E-state index contributed by atoms with van der Waals surface area (Å²) in [6.07, 6.45) is 9.16. The number of halogens is 2. The van der Waals surface area contributed by atoms with E-state index in [0.29, 0.717) is 0 Å². The van der Waals surface area contributed by atoms with Crippen molar-refractivity contribution in [2.45, 2.75) is 19.3 Å². The van der Waals surface area contributed by atoms with Gasteiger partial charge < -0.3 is 4.74 Å². The van der Waals surface area contributed by atoms with Gasteiger partial charge in [0, 0.05) is 30.9 Å². The third kappa shape index (κ3) is 3.80. The number of nitrogens with zero attached hydrogens (tertiary/aromatic N) is 2. The average Bonchev–Trinajstić information content (AvgIpc) is 3.04. The minimum Gasteiger partial charge on any atom is -0.493 e. The summed E-state index contributed by atoms with van der Waals surface area (Å²) in [7, 11) is 0. The Hall–Kier alpha value is -1.84. The van der Waals surface area contributed by atoms with Crippen LogP contribution in [0.25, 0.3) is 6.08 Å². The Morgan fingerprint density at radius 3 is 2.83 bits per heavy atom. The highest BCUT2D eigenvalue weighted by atomic mass is 35.5. The molecule has 0 saturated carbocycles. The maximum atomic E-state index is 5.58. The number of ether oxygens (including phenoxy) is 1. The standard InChI is InChI=1S/C19H18N2O.2ClH/c1-4-17(13-20-8-1)19-16(3-2-9-21-19)12-14-5-6-18-15(11-14)7-10-22-18;;/h1,4-6,8,11-13H,2-3,7,9-10H2;2*1H. The van der Waals surface area contributed by atoms with E-state index in [4.69, 9.17) is 9.73 Å². The Balaban J connectivity index is 0.00000104. The molecule has 0 fully saturated rings. The van der Waals surface area contributed by atoms with E-state index in [1.165, 1.54) is 16.7 Å². The maximum absolute atomic E-state index is 5.58. The second kappa shape index (κ2) is 8.32. The van der Waals surface area contributed by atoms with Crippen molar-refractivity contribution in [3.63, 3.8) is 0 Å². The van der Waals surface area contributed by atoms with E-state index >= 15 is 0 Å². The lowest BCUT2D eigenvalue weighted by Crippen LogP contribution is -2.11. The topological polar surface area (TPSA) is 34.5 Å². The zero-order chi connectivity index (χ0) is 14.8.